The molecule has 0 aromatic heterocycles. The largest absolute Gasteiger partial charge is 0.506 e. The molecule has 0 saturated carbocycles. The van der Waals surface area contributed by atoms with E-state index >= 15 is 0 Å². The van der Waals surface area contributed by atoms with E-state index in [0.717, 1.165) is 13.3 Å². The molecule has 0 amide bonds. The number of halogens is 4. The fraction of sp³-hybridized carbons (Fsp3) is 0.364. The first kappa shape index (κ1) is 23.9. The minimum absolute atomic E-state index is 0.134. The Morgan fingerprint density at radius 3 is 2.25 bits per heavy atom. The van der Waals surface area contributed by atoms with Crippen molar-refractivity contribution in [2.75, 3.05) is 11.4 Å². The number of aromatic hydroxyl groups is 1. The zero-order chi connectivity index (χ0) is 24.0. The van der Waals surface area contributed by atoms with Crippen molar-refractivity contribution in [3.63, 3.8) is 0 Å². The SMILES string of the molecule is C=C1OC(C)c2cc(CS(=O)(=O)Cc3c(F)c(F)c(C)c(F)c3F)cc(O)c2N1CCC. The Labute approximate surface area is 183 Å². The molecule has 2 aromatic carbocycles. The molecule has 1 aliphatic rings. The van der Waals surface area contributed by atoms with Crippen LogP contribution in [0.4, 0.5) is 23.2 Å². The maximum Gasteiger partial charge on any atom is 0.187 e. The molecule has 1 unspecified atom stereocenters. The van der Waals surface area contributed by atoms with Gasteiger partial charge in [0.1, 0.15) is 11.9 Å². The number of phenolic OH excluding ortho intramolecular Hbond substituents is 1. The second-order valence-corrected chi connectivity index (χ2v) is 9.81. The highest BCUT2D eigenvalue weighted by Crippen LogP contribution is 2.44. The molecule has 1 atom stereocenters. The van der Waals surface area contributed by atoms with Gasteiger partial charge in [-0.25, -0.2) is 26.0 Å². The lowest BCUT2D eigenvalue weighted by Gasteiger charge is -2.36. The number of hydrogen-bond donors (Lipinski definition) is 1. The minimum Gasteiger partial charge on any atom is -0.506 e. The van der Waals surface area contributed by atoms with Gasteiger partial charge in [0.05, 0.1) is 17.2 Å². The number of hydrogen-bond acceptors (Lipinski definition) is 5. The summed E-state index contributed by atoms with van der Waals surface area (Å²) in [5.74, 6) is -8.58. The van der Waals surface area contributed by atoms with Crippen LogP contribution in [0.25, 0.3) is 0 Å². The lowest BCUT2D eigenvalue weighted by molar-refractivity contribution is 0.118. The van der Waals surface area contributed by atoms with Gasteiger partial charge in [-0.1, -0.05) is 6.92 Å². The van der Waals surface area contributed by atoms with E-state index in [1.165, 1.54) is 12.1 Å². The maximum absolute atomic E-state index is 14.1. The van der Waals surface area contributed by atoms with Crippen molar-refractivity contribution in [1.29, 1.82) is 0 Å². The summed E-state index contributed by atoms with van der Waals surface area (Å²) in [5.41, 5.74) is -0.977. The normalized spacial score (nSPS) is 16.2. The topological polar surface area (TPSA) is 66.8 Å². The van der Waals surface area contributed by atoms with Crippen molar-refractivity contribution in [1.82, 2.24) is 0 Å². The summed E-state index contributed by atoms with van der Waals surface area (Å²) in [5, 5.41) is 10.6. The van der Waals surface area contributed by atoms with Gasteiger partial charge in [0.25, 0.3) is 0 Å². The third-order valence-corrected chi connectivity index (χ3v) is 6.77. The van der Waals surface area contributed by atoms with Gasteiger partial charge in [0, 0.05) is 23.2 Å². The molecule has 1 N–H and O–H groups in total. The maximum atomic E-state index is 14.1. The Kier molecular flexibility index (Phi) is 6.46. The van der Waals surface area contributed by atoms with E-state index in [-0.39, 0.29) is 11.3 Å². The first-order valence-electron chi connectivity index (χ1n) is 9.88. The smallest absolute Gasteiger partial charge is 0.187 e. The standard InChI is InChI=1S/C22H23F4NO4S/c1-5-6-27-13(4)31-12(3)15-7-14(8-17(28)22(15)27)9-32(29,30)10-16-20(25)18(23)11(2)19(24)21(16)26/h7-8,12,28H,4-6,9-10H2,1-3H3. The van der Waals surface area contributed by atoms with Gasteiger partial charge in [0.2, 0.25) is 0 Å². The molecule has 5 nitrogen and oxygen atoms in total. The average molecular weight is 473 g/mol. The summed E-state index contributed by atoms with van der Waals surface area (Å²) in [6, 6.07) is 2.74. The van der Waals surface area contributed by atoms with Crippen LogP contribution in [0, 0.1) is 30.2 Å². The van der Waals surface area contributed by atoms with Gasteiger partial charge in [0.15, 0.2) is 39.0 Å². The predicted molar refractivity (Wildman–Crippen MR) is 112 cm³/mol. The highest BCUT2D eigenvalue weighted by atomic mass is 32.2. The summed E-state index contributed by atoms with van der Waals surface area (Å²) in [6.45, 7) is 8.82. The number of sulfone groups is 1. The van der Waals surface area contributed by atoms with Crippen LogP contribution in [0.2, 0.25) is 0 Å². The molecule has 3 rings (SSSR count). The van der Waals surface area contributed by atoms with Gasteiger partial charge in [-0.15, -0.1) is 0 Å². The molecule has 0 spiro atoms. The zero-order valence-corrected chi connectivity index (χ0v) is 18.6. The fourth-order valence-electron chi connectivity index (χ4n) is 3.74. The molecule has 1 heterocycles. The van der Waals surface area contributed by atoms with Crippen LogP contribution >= 0.6 is 0 Å². The quantitative estimate of drug-likeness (QED) is 0.464. The van der Waals surface area contributed by atoms with Crippen molar-refractivity contribution in [2.45, 2.75) is 44.8 Å². The fourth-order valence-corrected chi connectivity index (χ4v) is 5.21. The second kappa shape index (κ2) is 8.65. The summed E-state index contributed by atoms with van der Waals surface area (Å²) in [6.07, 6.45) is 0.196. The monoisotopic (exact) mass is 473 g/mol. The van der Waals surface area contributed by atoms with Crippen molar-refractivity contribution >= 4 is 15.5 Å². The average Bonchev–Trinajstić information content (AvgIpc) is 2.71. The van der Waals surface area contributed by atoms with Crippen LogP contribution in [0.1, 0.15) is 48.6 Å². The highest BCUT2D eigenvalue weighted by Gasteiger charge is 2.31. The molecule has 0 fully saturated rings. The summed E-state index contributed by atoms with van der Waals surface area (Å²) in [7, 11) is -4.27. The van der Waals surface area contributed by atoms with Crippen molar-refractivity contribution in [2.24, 2.45) is 0 Å². The number of rotatable bonds is 6. The van der Waals surface area contributed by atoms with Crippen LogP contribution in [0.5, 0.6) is 5.75 Å². The van der Waals surface area contributed by atoms with Crippen LogP contribution in [-0.2, 0) is 26.1 Å². The van der Waals surface area contributed by atoms with Crippen LogP contribution in [0.3, 0.4) is 0 Å². The zero-order valence-electron chi connectivity index (χ0n) is 17.8. The Morgan fingerprint density at radius 1 is 1.09 bits per heavy atom. The molecule has 10 heteroatoms. The predicted octanol–water partition coefficient (Wildman–Crippen LogP) is 5.15. The molecule has 0 bridgehead atoms. The number of phenols is 1. The first-order chi connectivity index (χ1) is 14.9. The molecule has 2 aromatic rings. The summed E-state index contributed by atoms with van der Waals surface area (Å²) in [4.78, 5) is 1.67. The summed E-state index contributed by atoms with van der Waals surface area (Å²) < 4.78 is 86.9. The van der Waals surface area contributed by atoms with Crippen molar-refractivity contribution in [3.05, 3.63) is 70.1 Å². The molecule has 0 saturated heterocycles. The molecule has 1 aliphatic heterocycles. The highest BCUT2D eigenvalue weighted by molar-refractivity contribution is 7.89. The molecular formula is C22H23F4NO4S. The number of benzene rings is 2. The number of ether oxygens (including phenoxy) is 1. The van der Waals surface area contributed by atoms with Gasteiger partial charge in [-0.05, 0) is 44.5 Å². The minimum atomic E-state index is -4.27. The van der Waals surface area contributed by atoms with Crippen molar-refractivity contribution in [3.8, 4) is 5.75 Å². The molecule has 174 valence electrons. The van der Waals surface area contributed by atoms with Gasteiger partial charge in [-0.2, -0.15) is 0 Å². The molecular weight excluding hydrogens is 450 g/mol. The first-order valence-corrected chi connectivity index (χ1v) is 11.7. The molecule has 0 radical (unpaired) electrons. The van der Waals surface area contributed by atoms with E-state index < -0.39 is 61.8 Å². The molecule has 0 aliphatic carbocycles. The number of fused-ring (bicyclic) bond motifs is 1. The Morgan fingerprint density at radius 2 is 1.69 bits per heavy atom. The van der Waals surface area contributed by atoms with E-state index in [2.05, 4.69) is 6.58 Å². The van der Waals surface area contributed by atoms with E-state index in [1.54, 1.807) is 11.8 Å². The van der Waals surface area contributed by atoms with Crippen LogP contribution in [-0.4, -0.2) is 20.1 Å². The van der Waals surface area contributed by atoms with Crippen LogP contribution < -0.4 is 4.90 Å². The van der Waals surface area contributed by atoms with Crippen molar-refractivity contribution < 1.29 is 35.8 Å². The third kappa shape index (κ3) is 4.28. The van der Waals surface area contributed by atoms with E-state index in [1.807, 2.05) is 6.92 Å². The van der Waals surface area contributed by atoms with E-state index in [4.69, 9.17) is 4.74 Å². The summed E-state index contributed by atoms with van der Waals surface area (Å²) >= 11 is 0. The third-order valence-electron chi connectivity index (χ3n) is 5.27. The molecule has 32 heavy (non-hydrogen) atoms. The Balaban J connectivity index is 1.97. The lowest BCUT2D eigenvalue weighted by atomic mass is 10.0. The second-order valence-electron chi connectivity index (χ2n) is 7.75. The van der Waals surface area contributed by atoms with Gasteiger partial charge >= 0.3 is 0 Å². The van der Waals surface area contributed by atoms with E-state index in [9.17, 15) is 31.1 Å². The number of anilines is 1. The van der Waals surface area contributed by atoms with Gasteiger partial charge in [-0.3, -0.25) is 0 Å². The van der Waals surface area contributed by atoms with Crippen LogP contribution in [0.15, 0.2) is 24.6 Å². The van der Waals surface area contributed by atoms with Gasteiger partial charge < -0.3 is 14.7 Å². The lowest BCUT2D eigenvalue weighted by Crippen LogP contribution is -2.30. The Hall–Kier alpha value is -2.75. The Bertz CT molecular complexity index is 1170. The van der Waals surface area contributed by atoms with E-state index in [0.29, 0.717) is 23.7 Å². The number of nitrogens with zero attached hydrogens (tertiary/aromatic N) is 1.